The predicted octanol–water partition coefficient (Wildman–Crippen LogP) is 6.43. The molecule has 3 heterocycles. The summed E-state index contributed by atoms with van der Waals surface area (Å²) in [7, 11) is 0. The number of thioether (sulfide) groups is 1. The van der Waals surface area contributed by atoms with Crippen molar-refractivity contribution in [2.45, 2.75) is 76.1 Å². The Bertz CT molecular complexity index is 1590. The lowest BCUT2D eigenvalue weighted by molar-refractivity contribution is -0.122. The van der Waals surface area contributed by atoms with Crippen LogP contribution in [0.4, 0.5) is 20.4 Å². The van der Waals surface area contributed by atoms with Gasteiger partial charge in [-0.3, -0.25) is 19.4 Å². The molecule has 1 N–H and O–H groups in total. The number of aromatic nitrogens is 1. The maximum atomic E-state index is 14.6. The van der Waals surface area contributed by atoms with Gasteiger partial charge in [0.2, 0.25) is 0 Å². The summed E-state index contributed by atoms with van der Waals surface area (Å²) in [4.78, 5) is 63.2. The van der Waals surface area contributed by atoms with E-state index < -0.39 is 17.7 Å². The third-order valence-electron chi connectivity index (χ3n) is 8.46. The number of carbonyl (C=O) groups is 4. The van der Waals surface area contributed by atoms with Crippen LogP contribution >= 0.6 is 23.1 Å². The number of hydrogen-bond donors (Lipinski definition) is 1. The zero-order valence-electron chi connectivity index (χ0n) is 27.4. The Balaban J connectivity index is 1.23. The Morgan fingerprint density at radius 1 is 0.958 bits per heavy atom. The largest absolute Gasteiger partial charge is 0.445 e. The average Bonchev–Trinajstić information content (AvgIpc) is 3.52. The molecule has 3 aliphatic rings. The van der Waals surface area contributed by atoms with Gasteiger partial charge in [-0.1, -0.05) is 30.3 Å². The van der Waals surface area contributed by atoms with Crippen LogP contribution in [-0.4, -0.2) is 80.7 Å². The van der Waals surface area contributed by atoms with Gasteiger partial charge in [0.15, 0.2) is 5.13 Å². The zero-order chi connectivity index (χ0) is 33.8. The maximum absolute atomic E-state index is 14.6. The molecule has 2 aromatic carbocycles. The van der Waals surface area contributed by atoms with Crippen LogP contribution in [0, 0.1) is 5.92 Å². The summed E-state index contributed by atoms with van der Waals surface area (Å²) in [5.74, 6) is -0.0393. The lowest BCUT2D eigenvalue weighted by Gasteiger charge is -2.39. The normalized spacial score (nSPS) is 19.9. The van der Waals surface area contributed by atoms with Gasteiger partial charge in [-0.15, -0.1) is 23.1 Å². The van der Waals surface area contributed by atoms with Crippen molar-refractivity contribution >= 4 is 57.9 Å². The monoisotopic (exact) mass is 691 g/mol. The summed E-state index contributed by atoms with van der Waals surface area (Å²) in [5, 5.41) is 4.93. The Labute approximate surface area is 289 Å². The van der Waals surface area contributed by atoms with Gasteiger partial charge in [-0.05, 0) is 82.2 Å². The van der Waals surface area contributed by atoms with E-state index in [1.54, 1.807) is 57.4 Å². The molecule has 48 heavy (non-hydrogen) atoms. The van der Waals surface area contributed by atoms with Gasteiger partial charge in [-0.25, -0.2) is 14.6 Å². The van der Waals surface area contributed by atoms with Crippen molar-refractivity contribution in [3.05, 3.63) is 77.3 Å². The molecule has 3 aromatic rings. The summed E-state index contributed by atoms with van der Waals surface area (Å²) >= 11 is 2.88. The first-order valence-electron chi connectivity index (χ1n) is 16.3. The van der Waals surface area contributed by atoms with Gasteiger partial charge in [0.25, 0.3) is 11.8 Å². The molecule has 1 aliphatic carbocycles. The smallest absolute Gasteiger partial charge is 0.411 e. The molecule has 1 saturated carbocycles. The molecule has 6 rings (SSSR count). The number of amides is 4. The van der Waals surface area contributed by atoms with E-state index in [-0.39, 0.29) is 41.8 Å². The van der Waals surface area contributed by atoms with Crippen LogP contribution in [-0.2, 0) is 20.9 Å². The van der Waals surface area contributed by atoms with Crippen molar-refractivity contribution in [2.24, 2.45) is 5.92 Å². The summed E-state index contributed by atoms with van der Waals surface area (Å²) < 4.78 is 11.4. The molecule has 254 valence electrons. The van der Waals surface area contributed by atoms with Crippen LogP contribution in [0.2, 0.25) is 0 Å². The van der Waals surface area contributed by atoms with Crippen LogP contribution in [0.15, 0.2) is 66.2 Å². The third kappa shape index (κ3) is 8.12. The maximum Gasteiger partial charge on any atom is 0.411 e. The molecule has 2 aliphatic heterocycles. The van der Waals surface area contributed by atoms with Crippen LogP contribution in [0.5, 0.6) is 0 Å². The molecule has 0 spiro atoms. The Hall–Kier alpha value is -4.10. The Morgan fingerprint density at radius 3 is 2.29 bits per heavy atom. The van der Waals surface area contributed by atoms with Crippen molar-refractivity contribution < 1.29 is 28.7 Å². The van der Waals surface area contributed by atoms with Crippen molar-refractivity contribution in [3.63, 3.8) is 0 Å². The van der Waals surface area contributed by atoms with E-state index in [1.165, 1.54) is 16.2 Å². The lowest BCUT2D eigenvalue weighted by atomic mass is 9.95. The van der Waals surface area contributed by atoms with E-state index in [1.807, 2.05) is 51.1 Å². The van der Waals surface area contributed by atoms with E-state index in [4.69, 9.17) is 9.47 Å². The molecule has 2 saturated heterocycles. The second-order valence-corrected chi connectivity index (χ2v) is 15.3. The van der Waals surface area contributed by atoms with E-state index in [9.17, 15) is 19.2 Å². The highest BCUT2D eigenvalue weighted by Gasteiger charge is 2.48. The minimum absolute atomic E-state index is 0.0355. The number of carbonyl (C=O) groups excluding carboxylic acids is 4. The van der Waals surface area contributed by atoms with Crippen LogP contribution < -0.4 is 10.2 Å². The summed E-state index contributed by atoms with van der Waals surface area (Å²) in [6.45, 7) is 6.60. The molecule has 0 bridgehead atoms. The lowest BCUT2D eigenvalue weighted by Crippen LogP contribution is -2.53. The molecule has 11 nitrogen and oxygen atoms in total. The van der Waals surface area contributed by atoms with Gasteiger partial charge in [0.05, 0.1) is 11.1 Å². The quantitative estimate of drug-likeness (QED) is 0.287. The summed E-state index contributed by atoms with van der Waals surface area (Å²) in [6.07, 6.45) is 4.01. The van der Waals surface area contributed by atoms with Gasteiger partial charge < -0.3 is 19.7 Å². The fourth-order valence-corrected chi connectivity index (χ4v) is 8.15. The molecule has 4 amide bonds. The van der Waals surface area contributed by atoms with E-state index in [2.05, 4.69) is 10.3 Å². The standard InChI is InChI=1S/C35H41N5O6S2/c1-35(2,3)46-33(43)38-18-15-25(16-19-38)31-40(34(44)45-21-23-7-5-4-6-8-23)28(22-48-31)30(42)39(32-36-17-20-47-32)27-13-9-24(10-14-27)29(41)37-26-11-12-26/h4-10,13-14,17,20,25-26,28,31H,11-12,15-16,18-19,21-22H2,1-3H3,(H,37,41). The Morgan fingerprint density at radius 2 is 1.67 bits per heavy atom. The zero-order valence-corrected chi connectivity index (χ0v) is 29.0. The van der Waals surface area contributed by atoms with Crippen LogP contribution in [0.1, 0.15) is 62.4 Å². The van der Waals surface area contributed by atoms with E-state index >= 15 is 0 Å². The Kier molecular flexibility index (Phi) is 10.3. The van der Waals surface area contributed by atoms with Gasteiger partial charge in [-0.2, -0.15) is 0 Å². The molecule has 3 fully saturated rings. The SMILES string of the molecule is CC(C)(C)OC(=O)N1CCC(C2SCC(C(=O)N(c3ccc(C(=O)NC4CC4)cc3)c3nccs3)N2C(=O)OCc2ccccc2)CC1. The fraction of sp³-hybridized carbons (Fsp3) is 0.457. The number of nitrogens with one attached hydrogen (secondary N) is 1. The first-order valence-corrected chi connectivity index (χ1v) is 18.2. The molecule has 0 radical (unpaired) electrons. The molecule has 2 unspecified atom stereocenters. The highest BCUT2D eigenvalue weighted by atomic mass is 32.2. The van der Waals surface area contributed by atoms with Crippen LogP contribution in [0.25, 0.3) is 0 Å². The molecular weight excluding hydrogens is 651 g/mol. The summed E-state index contributed by atoms with van der Waals surface area (Å²) in [6, 6.07) is 15.7. The molecule has 13 heteroatoms. The number of thiazole rings is 1. The number of ether oxygens (including phenoxy) is 2. The molecule has 2 atom stereocenters. The first kappa shape index (κ1) is 33.8. The van der Waals surface area contributed by atoms with Crippen molar-refractivity contribution in [1.29, 1.82) is 0 Å². The number of likely N-dealkylation sites (tertiary alicyclic amines) is 1. The number of piperidine rings is 1. The number of anilines is 2. The van der Waals surface area contributed by atoms with Crippen molar-refractivity contribution in [2.75, 3.05) is 23.7 Å². The second kappa shape index (κ2) is 14.6. The number of nitrogens with zero attached hydrogens (tertiary/aromatic N) is 4. The predicted molar refractivity (Wildman–Crippen MR) is 185 cm³/mol. The second-order valence-electron chi connectivity index (χ2n) is 13.3. The highest BCUT2D eigenvalue weighted by molar-refractivity contribution is 8.00. The summed E-state index contributed by atoms with van der Waals surface area (Å²) in [5.41, 5.74) is 1.32. The number of benzene rings is 2. The van der Waals surface area contributed by atoms with Crippen LogP contribution in [0.3, 0.4) is 0 Å². The first-order chi connectivity index (χ1) is 23.1. The minimum atomic E-state index is -0.825. The molecule has 1 aromatic heterocycles. The van der Waals surface area contributed by atoms with Gasteiger partial charge >= 0.3 is 12.2 Å². The fourth-order valence-electron chi connectivity index (χ4n) is 5.87. The number of hydrogen-bond acceptors (Lipinski definition) is 9. The van der Waals surface area contributed by atoms with E-state index in [0.29, 0.717) is 48.1 Å². The average molecular weight is 692 g/mol. The van der Waals surface area contributed by atoms with Crippen molar-refractivity contribution in [1.82, 2.24) is 20.1 Å². The molecular formula is C35H41N5O6S2. The van der Waals surface area contributed by atoms with Crippen molar-refractivity contribution in [3.8, 4) is 0 Å². The third-order valence-corrected chi connectivity index (χ3v) is 10.7. The minimum Gasteiger partial charge on any atom is -0.445 e. The highest BCUT2D eigenvalue weighted by Crippen LogP contribution is 2.41. The number of rotatable bonds is 8. The van der Waals surface area contributed by atoms with Gasteiger partial charge in [0.1, 0.15) is 18.2 Å². The van der Waals surface area contributed by atoms with E-state index in [0.717, 1.165) is 18.4 Å². The topological polar surface area (TPSA) is 121 Å². The van der Waals surface area contributed by atoms with Gasteiger partial charge in [0, 0.05) is 42.0 Å².